The average molecular weight is 313 g/mol. The molecule has 6 heteroatoms. The summed E-state index contributed by atoms with van der Waals surface area (Å²) in [6.45, 7) is 2.45. The van der Waals surface area contributed by atoms with Crippen LogP contribution in [-0.2, 0) is 9.59 Å². The largest absolute Gasteiger partial charge is 0.328 e. The van der Waals surface area contributed by atoms with Gasteiger partial charge < -0.3 is 4.90 Å². The number of amides is 2. The van der Waals surface area contributed by atoms with E-state index in [1.54, 1.807) is 6.07 Å². The molecule has 0 spiro atoms. The number of carbonyl (C=O) groups is 2. The number of fused-ring (bicyclic) bond motifs is 1. The quantitative estimate of drug-likeness (QED) is 0.661. The monoisotopic (exact) mass is 313 g/mol. The van der Waals surface area contributed by atoms with Gasteiger partial charge in [-0.1, -0.05) is 37.3 Å². The number of hydrogen-bond donors (Lipinski definition) is 2. The standard InChI is InChI=1S/C17H16FN3O2/c1-11-10-21(15-9-5-2-6-12(11)15)17(23)16(22)20-19-14-8-4-3-7-13(14)18/h2-9,11,19H,10H2,1H3,(H,20,22)/t11-/m0/s1. The zero-order valence-corrected chi connectivity index (χ0v) is 12.5. The van der Waals surface area contributed by atoms with Gasteiger partial charge in [-0.25, -0.2) is 4.39 Å². The molecule has 118 valence electrons. The van der Waals surface area contributed by atoms with Gasteiger partial charge >= 0.3 is 11.8 Å². The summed E-state index contributed by atoms with van der Waals surface area (Å²) in [5, 5.41) is 0. The molecule has 2 aromatic rings. The van der Waals surface area contributed by atoms with Crippen LogP contribution in [0.5, 0.6) is 0 Å². The van der Waals surface area contributed by atoms with E-state index in [9.17, 15) is 14.0 Å². The van der Waals surface area contributed by atoms with Crippen LogP contribution in [-0.4, -0.2) is 18.4 Å². The fraction of sp³-hybridized carbons (Fsp3) is 0.176. The summed E-state index contributed by atoms with van der Waals surface area (Å²) < 4.78 is 13.5. The van der Waals surface area contributed by atoms with Gasteiger partial charge in [0.15, 0.2) is 0 Å². The van der Waals surface area contributed by atoms with E-state index < -0.39 is 17.6 Å². The van der Waals surface area contributed by atoms with Crippen molar-refractivity contribution < 1.29 is 14.0 Å². The van der Waals surface area contributed by atoms with Crippen molar-refractivity contribution in [1.82, 2.24) is 5.43 Å². The van der Waals surface area contributed by atoms with E-state index in [0.717, 1.165) is 11.3 Å². The molecule has 0 saturated heterocycles. The maximum Gasteiger partial charge on any atom is 0.328 e. The summed E-state index contributed by atoms with van der Waals surface area (Å²) in [7, 11) is 0. The van der Waals surface area contributed by atoms with Crippen LogP contribution in [0.1, 0.15) is 18.4 Å². The van der Waals surface area contributed by atoms with Crippen LogP contribution in [0.3, 0.4) is 0 Å². The van der Waals surface area contributed by atoms with Crippen molar-refractivity contribution in [1.29, 1.82) is 0 Å². The number of para-hydroxylation sites is 2. The maximum atomic E-state index is 13.5. The number of halogens is 1. The third kappa shape index (κ3) is 2.88. The van der Waals surface area contributed by atoms with Crippen molar-refractivity contribution in [2.24, 2.45) is 0 Å². The smallest absolute Gasteiger partial charge is 0.303 e. The summed E-state index contributed by atoms with van der Waals surface area (Å²) in [5.74, 6) is -1.86. The fourth-order valence-corrected chi connectivity index (χ4v) is 2.68. The molecule has 1 aliphatic rings. The molecule has 0 radical (unpaired) electrons. The van der Waals surface area contributed by atoms with E-state index in [1.807, 2.05) is 31.2 Å². The average Bonchev–Trinajstić information content (AvgIpc) is 2.90. The van der Waals surface area contributed by atoms with Gasteiger partial charge in [0.2, 0.25) is 0 Å². The van der Waals surface area contributed by atoms with Crippen molar-refractivity contribution in [2.45, 2.75) is 12.8 Å². The molecule has 1 heterocycles. The van der Waals surface area contributed by atoms with Crippen LogP contribution in [0.25, 0.3) is 0 Å². The first-order chi connectivity index (χ1) is 11.1. The lowest BCUT2D eigenvalue weighted by molar-refractivity contribution is -0.137. The highest BCUT2D eigenvalue weighted by atomic mass is 19.1. The lowest BCUT2D eigenvalue weighted by atomic mass is 10.0. The minimum Gasteiger partial charge on any atom is -0.303 e. The first kappa shape index (κ1) is 15.0. The number of nitrogens with zero attached hydrogens (tertiary/aromatic N) is 1. The Morgan fingerprint density at radius 1 is 1.13 bits per heavy atom. The molecule has 1 aliphatic heterocycles. The van der Waals surface area contributed by atoms with Gasteiger partial charge in [0.1, 0.15) is 5.82 Å². The van der Waals surface area contributed by atoms with Crippen LogP contribution in [0, 0.1) is 5.82 Å². The molecule has 5 nitrogen and oxygen atoms in total. The Hall–Kier alpha value is -2.89. The van der Waals surface area contributed by atoms with Gasteiger partial charge in [-0.15, -0.1) is 0 Å². The summed E-state index contributed by atoms with van der Waals surface area (Å²) in [4.78, 5) is 25.8. The minimum atomic E-state index is -0.836. The Labute approximate surface area is 133 Å². The van der Waals surface area contributed by atoms with Crippen molar-refractivity contribution in [3.05, 3.63) is 59.9 Å². The Morgan fingerprint density at radius 2 is 1.83 bits per heavy atom. The zero-order chi connectivity index (χ0) is 16.4. The number of carbonyl (C=O) groups excluding carboxylic acids is 2. The molecular weight excluding hydrogens is 297 g/mol. The van der Waals surface area contributed by atoms with E-state index in [-0.39, 0.29) is 11.6 Å². The molecule has 0 aliphatic carbocycles. The molecule has 0 aromatic heterocycles. The summed E-state index contributed by atoms with van der Waals surface area (Å²) >= 11 is 0. The summed E-state index contributed by atoms with van der Waals surface area (Å²) in [6.07, 6.45) is 0. The topological polar surface area (TPSA) is 61.4 Å². The van der Waals surface area contributed by atoms with Gasteiger partial charge in [0, 0.05) is 18.2 Å². The van der Waals surface area contributed by atoms with Gasteiger partial charge in [0.05, 0.1) is 5.69 Å². The van der Waals surface area contributed by atoms with Crippen molar-refractivity contribution in [2.75, 3.05) is 16.9 Å². The first-order valence-electron chi connectivity index (χ1n) is 7.29. The molecule has 0 bridgehead atoms. The molecule has 2 aromatic carbocycles. The highest BCUT2D eigenvalue weighted by Gasteiger charge is 2.32. The number of hydrogen-bond acceptors (Lipinski definition) is 3. The second kappa shape index (κ2) is 6.08. The van der Waals surface area contributed by atoms with Gasteiger partial charge in [0.25, 0.3) is 0 Å². The maximum absolute atomic E-state index is 13.5. The van der Waals surface area contributed by atoms with Crippen LogP contribution >= 0.6 is 0 Å². The molecule has 2 amide bonds. The van der Waals surface area contributed by atoms with E-state index in [0.29, 0.717) is 6.54 Å². The minimum absolute atomic E-state index is 0.101. The van der Waals surface area contributed by atoms with Crippen LogP contribution < -0.4 is 15.8 Å². The number of anilines is 2. The van der Waals surface area contributed by atoms with Gasteiger partial charge in [-0.2, -0.15) is 0 Å². The molecule has 23 heavy (non-hydrogen) atoms. The van der Waals surface area contributed by atoms with Crippen molar-refractivity contribution in [3.8, 4) is 0 Å². The number of rotatable bonds is 2. The summed E-state index contributed by atoms with van der Waals surface area (Å²) in [6, 6.07) is 13.4. The van der Waals surface area contributed by atoms with E-state index in [4.69, 9.17) is 0 Å². The molecule has 0 fully saturated rings. The first-order valence-corrected chi connectivity index (χ1v) is 7.29. The number of nitrogens with one attached hydrogen (secondary N) is 2. The lowest BCUT2D eigenvalue weighted by Crippen LogP contribution is -2.44. The zero-order valence-electron chi connectivity index (χ0n) is 12.5. The Kier molecular flexibility index (Phi) is 3.97. The predicted molar refractivity (Wildman–Crippen MR) is 85.4 cm³/mol. The number of hydrazine groups is 1. The fourth-order valence-electron chi connectivity index (χ4n) is 2.68. The number of benzene rings is 2. The van der Waals surface area contributed by atoms with Crippen LogP contribution in [0.4, 0.5) is 15.8 Å². The van der Waals surface area contributed by atoms with Crippen molar-refractivity contribution >= 4 is 23.2 Å². The predicted octanol–water partition coefficient (Wildman–Crippen LogP) is 2.42. The van der Waals surface area contributed by atoms with Gasteiger partial charge in [-0.05, 0) is 23.8 Å². The molecule has 2 N–H and O–H groups in total. The molecule has 0 unspecified atom stereocenters. The van der Waals surface area contributed by atoms with E-state index >= 15 is 0 Å². The molecule has 3 rings (SSSR count). The third-order valence-corrected chi connectivity index (χ3v) is 3.84. The van der Waals surface area contributed by atoms with Crippen molar-refractivity contribution in [3.63, 3.8) is 0 Å². The Balaban J connectivity index is 1.69. The normalized spacial score (nSPS) is 15.9. The Bertz CT molecular complexity index is 763. The Morgan fingerprint density at radius 3 is 2.61 bits per heavy atom. The van der Waals surface area contributed by atoms with E-state index in [1.165, 1.54) is 23.1 Å². The molecule has 0 saturated carbocycles. The van der Waals surface area contributed by atoms with Gasteiger partial charge in [-0.3, -0.25) is 20.4 Å². The second-order valence-electron chi connectivity index (χ2n) is 5.43. The summed E-state index contributed by atoms with van der Waals surface area (Å²) in [5.41, 5.74) is 6.55. The third-order valence-electron chi connectivity index (χ3n) is 3.84. The highest BCUT2D eigenvalue weighted by molar-refractivity contribution is 6.40. The lowest BCUT2D eigenvalue weighted by Gasteiger charge is -2.17. The van der Waals surface area contributed by atoms with Crippen LogP contribution in [0.2, 0.25) is 0 Å². The van der Waals surface area contributed by atoms with Crippen LogP contribution in [0.15, 0.2) is 48.5 Å². The SMILES string of the molecule is C[C@H]1CN(C(=O)C(=O)NNc2ccccc2F)c2ccccc21. The highest BCUT2D eigenvalue weighted by Crippen LogP contribution is 2.35. The second-order valence-corrected chi connectivity index (χ2v) is 5.43. The molecular formula is C17H16FN3O2. The van der Waals surface area contributed by atoms with E-state index in [2.05, 4.69) is 10.9 Å². The molecule has 1 atom stereocenters.